The first-order chi connectivity index (χ1) is 16.6. The molecule has 0 spiro atoms. The lowest BCUT2D eigenvalue weighted by Gasteiger charge is -2.29. The molecular weight excluding hydrogens is 470 g/mol. The van der Waals surface area contributed by atoms with Crippen LogP contribution in [0.3, 0.4) is 0 Å². The number of benzene rings is 3. The second-order valence-corrected chi connectivity index (χ2v) is 9.04. The summed E-state index contributed by atoms with van der Waals surface area (Å²) in [5.74, 6) is 0.343. The SMILES string of the molecule is O=C1CN(C(=O)CSc2nnc(-c3ccccc3Cl)n2Cc2ccccc2)c2ccccc2N1. The first-order valence-corrected chi connectivity index (χ1v) is 12.0. The molecule has 170 valence electrons. The van der Waals surface area contributed by atoms with Gasteiger partial charge >= 0.3 is 0 Å². The van der Waals surface area contributed by atoms with Crippen molar-refractivity contribution in [3.8, 4) is 11.4 Å². The Labute approximate surface area is 205 Å². The molecule has 1 N–H and O–H groups in total. The lowest BCUT2D eigenvalue weighted by molar-refractivity contribution is -0.120. The Bertz CT molecular complexity index is 1360. The number of hydrogen-bond acceptors (Lipinski definition) is 5. The number of aromatic nitrogens is 3. The fraction of sp³-hybridized carbons (Fsp3) is 0.120. The van der Waals surface area contributed by atoms with E-state index in [2.05, 4.69) is 15.5 Å². The highest BCUT2D eigenvalue weighted by Gasteiger charge is 2.27. The molecule has 1 aromatic heterocycles. The van der Waals surface area contributed by atoms with Gasteiger partial charge in [-0.15, -0.1) is 10.2 Å². The van der Waals surface area contributed by atoms with Crippen molar-refractivity contribution in [2.75, 3.05) is 22.5 Å². The number of halogens is 1. The van der Waals surface area contributed by atoms with Crippen molar-refractivity contribution >= 4 is 46.6 Å². The molecule has 1 aliphatic rings. The van der Waals surface area contributed by atoms with E-state index in [0.29, 0.717) is 33.9 Å². The fourth-order valence-corrected chi connectivity index (χ4v) is 4.84. The van der Waals surface area contributed by atoms with Crippen LogP contribution in [-0.2, 0) is 16.1 Å². The molecule has 9 heteroatoms. The molecule has 1 aliphatic heterocycles. The summed E-state index contributed by atoms with van der Waals surface area (Å²) in [5, 5.41) is 12.8. The number of amides is 2. The predicted octanol–water partition coefficient (Wildman–Crippen LogP) is 4.72. The van der Waals surface area contributed by atoms with Crippen molar-refractivity contribution < 1.29 is 9.59 Å². The van der Waals surface area contributed by atoms with Crippen LogP contribution in [0.1, 0.15) is 5.56 Å². The van der Waals surface area contributed by atoms with E-state index in [9.17, 15) is 9.59 Å². The number of nitrogens with one attached hydrogen (secondary N) is 1. The van der Waals surface area contributed by atoms with Crippen LogP contribution in [0.5, 0.6) is 0 Å². The van der Waals surface area contributed by atoms with E-state index in [1.54, 1.807) is 6.07 Å². The molecular formula is C25H20ClN5O2S. The van der Waals surface area contributed by atoms with Gasteiger partial charge in [0.15, 0.2) is 11.0 Å². The zero-order chi connectivity index (χ0) is 23.5. The Morgan fingerprint density at radius 2 is 1.71 bits per heavy atom. The summed E-state index contributed by atoms with van der Waals surface area (Å²) in [5.41, 5.74) is 3.17. The maximum Gasteiger partial charge on any atom is 0.244 e. The van der Waals surface area contributed by atoms with Gasteiger partial charge in [-0.1, -0.05) is 78.0 Å². The molecule has 34 heavy (non-hydrogen) atoms. The van der Waals surface area contributed by atoms with E-state index in [1.165, 1.54) is 16.7 Å². The number of rotatable bonds is 6. The van der Waals surface area contributed by atoms with Crippen molar-refractivity contribution in [1.29, 1.82) is 0 Å². The molecule has 0 saturated carbocycles. The van der Waals surface area contributed by atoms with Crippen LogP contribution in [0, 0.1) is 0 Å². The van der Waals surface area contributed by atoms with Gasteiger partial charge < -0.3 is 10.2 Å². The number of carbonyl (C=O) groups is 2. The van der Waals surface area contributed by atoms with Crippen LogP contribution >= 0.6 is 23.4 Å². The smallest absolute Gasteiger partial charge is 0.244 e. The molecule has 2 amide bonds. The molecule has 0 atom stereocenters. The van der Waals surface area contributed by atoms with E-state index in [1.807, 2.05) is 77.4 Å². The number of hydrogen-bond donors (Lipinski definition) is 1. The molecule has 0 fully saturated rings. The van der Waals surface area contributed by atoms with Gasteiger partial charge in [0.25, 0.3) is 0 Å². The van der Waals surface area contributed by atoms with Gasteiger partial charge in [0.05, 0.1) is 28.7 Å². The summed E-state index contributed by atoms with van der Waals surface area (Å²) < 4.78 is 1.96. The standard InChI is InChI=1S/C25H20ClN5O2S/c26-19-11-5-4-10-18(19)24-28-29-25(31(24)14-17-8-2-1-3-9-17)34-16-23(33)30-15-22(32)27-20-12-6-7-13-21(20)30/h1-13H,14-16H2,(H,27,32). The topological polar surface area (TPSA) is 80.1 Å². The summed E-state index contributed by atoms with van der Waals surface area (Å²) >= 11 is 7.74. The average Bonchev–Trinajstić information content (AvgIpc) is 3.25. The van der Waals surface area contributed by atoms with Crippen LogP contribution < -0.4 is 10.2 Å². The van der Waals surface area contributed by atoms with Crippen LogP contribution in [-0.4, -0.2) is 38.9 Å². The lowest BCUT2D eigenvalue weighted by Crippen LogP contribution is -2.43. The maximum absolute atomic E-state index is 13.1. The van der Waals surface area contributed by atoms with E-state index < -0.39 is 0 Å². The highest BCUT2D eigenvalue weighted by atomic mass is 35.5. The van der Waals surface area contributed by atoms with Crippen LogP contribution in [0.15, 0.2) is 84.0 Å². The molecule has 0 radical (unpaired) electrons. The van der Waals surface area contributed by atoms with Crippen molar-refractivity contribution in [3.63, 3.8) is 0 Å². The van der Waals surface area contributed by atoms with Crippen molar-refractivity contribution in [1.82, 2.24) is 14.8 Å². The third-order valence-corrected chi connectivity index (χ3v) is 6.69. The summed E-state index contributed by atoms with van der Waals surface area (Å²) in [6.07, 6.45) is 0. The lowest BCUT2D eigenvalue weighted by atomic mass is 10.2. The molecule has 5 rings (SSSR count). The molecule has 3 aromatic carbocycles. The predicted molar refractivity (Wildman–Crippen MR) is 134 cm³/mol. The highest BCUT2D eigenvalue weighted by molar-refractivity contribution is 7.99. The second kappa shape index (κ2) is 9.70. The molecule has 0 bridgehead atoms. The summed E-state index contributed by atoms with van der Waals surface area (Å²) in [4.78, 5) is 26.7. The second-order valence-electron chi connectivity index (χ2n) is 7.69. The van der Waals surface area contributed by atoms with Gasteiger partial charge in [0.2, 0.25) is 11.8 Å². The van der Waals surface area contributed by atoms with Crippen molar-refractivity contribution in [2.45, 2.75) is 11.7 Å². The normalized spacial score (nSPS) is 12.9. The maximum atomic E-state index is 13.1. The number of para-hydroxylation sites is 2. The Hall–Kier alpha value is -3.62. The minimum absolute atomic E-state index is 0.0159. The molecule has 4 aromatic rings. The molecule has 7 nitrogen and oxygen atoms in total. The third-order valence-electron chi connectivity index (χ3n) is 5.41. The molecule has 2 heterocycles. The molecule has 0 unspecified atom stereocenters. The Balaban J connectivity index is 1.42. The van der Waals surface area contributed by atoms with Gasteiger partial charge in [-0.2, -0.15) is 0 Å². The fourth-order valence-electron chi connectivity index (χ4n) is 3.81. The van der Waals surface area contributed by atoms with Gasteiger partial charge in [0, 0.05) is 5.56 Å². The largest absolute Gasteiger partial charge is 0.323 e. The van der Waals surface area contributed by atoms with Crippen molar-refractivity contribution in [3.05, 3.63) is 89.4 Å². The Kier molecular flexibility index (Phi) is 6.33. The van der Waals surface area contributed by atoms with Crippen molar-refractivity contribution in [2.24, 2.45) is 0 Å². The third kappa shape index (κ3) is 4.55. The summed E-state index contributed by atoms with van der Waals surface area (Å²) in [7, 11) is 0. The Morgan fingerprint density at radius 3 is 2.53 bits per heavy atom. The van der Waals surface area contributed by atoms with E-state index in [0.717, 1.165) is 11.1 Å². The summed E-state index contributed by atoms with van der Waals surface area (Å²) in [6.45, 7) is 0.512. The van der Waals surface area contributed by atoms with Gasteiger partial charge in [-0.25, -0.2) is 0 Å². The van der Waals surface area contributed by atoms with Gasteiger partial charge in [-0.3, -0.25) is 14.2 Å². The minimum Gasteiger partial charge on any atom is -0.323 e. The average molecular weight is 490 g/mol. The number of carbonyl (C=O) groups excluding carboxylic acids is 2. The zero-order valence-electron chi connectivity index (χ0n) is 18.0. The molecule has 0 aliphatic carbocycles. The Morgan fingerprint density at radius 1 is 0.971 bits per heavy atom. The van der Waals surface area contributed by atoms with Gasteiger partial charge in [-0.05, 0) is 29.8 Å². The van der Waals surface area contributed by atoms with E-state index in [4.69, 9.17) is 11.6 Å². The molecule has 0 saturated heterocycles. The first-order valence-electron chi connectivity index (χ1n) is 10.6. The van der Waals surface area contributed by atoms with Crippen LogP contribution in [0.2, 0.25) is 5.02 Å². The van der Waals surface area contributed by atoms with Crippen LogP contribution in [0.4, 0.5) is 11.4 Å². The zero-order valence-corrected chi connectivity index (χ0v) is 19.6. The number of fused-ring (bicyclic) bond motifs is 1. The first kappa shape index (κ1) is 22.2. The van der Waals surface area contributed by atoms with Crippen LogP contribution in [0.25, 0.3) is 11.4 Å². The minimum atomic E-state index is -0.217. The van der Waals surface area contributed by atoms with E-state index >= 15 is 0 Å². The number of thioether (sulfide) groups is 1. The monoisotopic (exact) mass is 489 g/mol. The van der Waals surface area contributed by atoms with Gasteiger partial charge in [0.1, 0.15) is 6.54 Å². The summed E-state index contributed by atoms with van der Waals surface area (Å²) in [6, 6.07) is 24.7. The number of anilines is 2. The quantitative estimate of drug-likeness (QED) is 0.396. The van der Waals surface area contributed by atoms with E-state index in [-0.39, 0.29) is 24.1 Å². The highest BCUT2D eigenvalue weighted by Crippen LogP contribution is 2.32. The number of nitrogens with zero attached hydrogens (tertiary/aromatic N) is 4.